The van der Waals surface area contributed by atoms with Crippen LogP contribution >= 0.6 is 22.9 Å². The summed E-state index contributed by atoms with van der Waals surface area (Å²) in [6.45, 7) is 7.14. The van der Waals surface area contributed by atoms with Crippen LogP contribution in [0.1, 0.15) is 46.3 Å². The van der Waals surface area contributed by atoms with Gasteiger partial charge >= 0.3 is 0 Å². The number of amides is 2. The number of benzene rings is 2. The van der Waals surface area contributed by atoms with Crippen LogP contribution in [0.5, 0.6) is 5.75 Å². The quantitative estimate of drug-likeness (QED) is 0.352. The van der Waals surface area contributed by atoms with Crippen molar-refractivity contribution in [1.82, 2.24) is 9.80 Å². The van der Waals surface area contributed by atoms with Gasteiger partial charge < -0.3 is 14.5 Å². The van der Waals surface area contributed by atoms with Crippen LogP contribution in [0.2, 0.25) is 5.02 Å². The van der Waals surface area contributed by atoms with Crippen LogP contribution in [-0.2, 0) is 11.2 Å². The van der Waals surface area contributed by atoms with E-state index in [2.05, 4.69) is 6.07 Å². The van der Waals surface area contributed by atoms with Crippen LogP contribution in [0, 0.1) is 18.7 Å². The summed E-state index contributed by atoms with van der Waals surface area (Å²) >= 11 is 7.84. The summed E-state index contributed by atoms with van der Waals surface area (Å²) < 4.78 is 19.5. The monoisotopic (exact) mass is 528 g/mol. The first kappa shape index (κ1) is 26.2. The molecule has 1 aromatic heterocycles. The first-order valence-corrected chi connectivity index (χ1v) is 13.3. The number of hydrogen-bond acceptors (Lipinski definition) is 4. The first-order valence-electron chi connectivity index (χ1n) is 12.0. The third-order valence-electron chi connectivity index (χ3n) is 6.24. The fourth-order valence-electron chi connectivity index (χ4n) is 4.45. The molecule has 1 aliphatic rings. The smallest absolute Gasteiger partial charge is 0.254 e. The van der Waals surface area contributed by atoms with Gasteiger partial charge in [0.05, 0.1) is 6.04 Å². The number of carbonyl (C=O) groups is 2. The molecule has 1 atom stereocenters. The number of hydrogen-bond donors (Lipinski definition) is 0. The predicted octanol–water partition coefficient (Wildman–Crippen LogP) is 6.15. The highest BCUT2D eigenvalue weighted by Gasteiger charge is 2.33. The molecule has 5 nitrogen and oxygen atoms in total. The van der Waals surface area contributed by atoms with Crippen molar-refractivity contribution in [2.24, 2.45) is 5.92 Å². The first-order chi connectivity index (χ1) is 17.2. The topological polar surface area (TPSA) is 49.9 Å². The number of nitrogens with zero attached hydrogens (tertiary/aromatic N) is 2. The lowest BCUT2D eigenvalue weighted by Crippen LogP contribution is -2.48. The van der Waals surface area contributed by atoms with Crippen molar-refractivity contribution in [1.29, 1.82) is 0 Å². The van der Waals surface area contributed by atoms with E-state index in [-0.39, 0.29) is 30.3 Å². The van der Waals surface area contributed by atoms with Crippen molar-refractivity contribution in [2.45, 2.75) is 33.2 Å². The van der Waals surface area contributed by atoms with Gasteiger partial charge in [-0.05, 0) is 84.3 Å². The minimum absolute atomic E-state index is 0.0512. The highest BCUT2D eigenvalue weighted by molar-refractivity contribution is 7.10. The predicted molar refractivity (Wildman–Crippen MR) is 141 cm³/mol. The Kier molecular flexibility index (Phi) is 8.32. The Labute approximate surface area is 220 Å². The van der Waals surface area contributed by atoms with Gasteiger partial charge in [-0.2, -0.15) is 0 Å². The summed E-state index contributed by atoms with van der Waals surface area (Å²) in [4.78, 5) is 31.5. The van der Waals surface area contributed by atoms with Crippen molar-refractivity contribution >= 4 is 34.8 Å². The molecule has 0 N–H and O–H groups in total. The number of ether oxygens (including phenoxy) is 1. The number of thiophene rings is 1. The Balaban J connectivity index is 1.53. The highest BCUT2D eigenvalue weighted by atomic mass is 35.5. The van der Waals surface area contributed by atoms with E-state index in [0.29, 0.717) is 36.0 Å². The van der Waals surface area contributed by atoms with E-state index in [1.165, 1.54) is 29.1 Å². The lowest BCUT2D eigenvalue weighted by molar-refractivity contribution is -0.135. The Morgan fingerprint density at radius 1 is 1.19 bits per heavy atom. The molecule has 0 saturated carbocycles. The lowest BCUT2D eigenvalue weighted by Gasteiger charge is -2.37. The SMILES string of the molecule is Cc1cc(OC[C@@H]2c3ccsc3CCN2C(=O)CN(CC(C)C)C(=O)c2ccc(F)cc2)ccc1Cl. The fraction of sp³-hybridized carbons (Fsp3) is 0.357. The highest BCUT2D eigenvalue weighted by Crippen LogP contribution is 2.34. The second kappa shape index (κ2) is 11.4. The molecule has 0 unspecified atom stereocenters. The molecule has 2 aromatic carbocycles. The van der Waals surface area contributed by atoms with Gasteiger partial charge in [-0.25, -0.2) is 4.39 Å². The van der Waals surface area contributed by atoms with Crippen molar-refractivity contribution in [2.75, 3.05) is 26.2 Å². The average Bonchev–Trinajstić information content (AvgIpc) is 3.33. The summed E-state index contributed by atoms with van der Waals surface area (Å²) in [7, 11) is 0. The largest absolute Gasteiger partial charge is 0.491 e. The standard InChI is InChI=1S/C28H30ClFN2O3S/c1-18(2)15-31(28(34)20-4-6-21(30)7-5-20)16-27(33)32-12-10-26-23(11-13-36-26)25(32)17-35-22-8-9-24(29)19(3)14-22/h4-9,11,13-14,18,25H,10,12,15-17H2,1-3H3/t25-/m1/s1. The van der Waals surface area contributed by atoms with Gasteiger partial charge in [-0.3, -0.25) is 9.59 Å². The Morgan fingerprint density at radius 3 is 2.64 bits per heavy atom. The average molecular weight is 529 g/mol. The lowest BCUT2D eigenvalue weighted by atomic mass is 10.00. The van der Waals surface area contributed by atoms with Crippen LogP contribution < -0.4 is 4.74 Å². The van der Waals surface area contributed by atoms with Gasteiger partial charge in [0.2, 0.25) is 5.91 Å². The normalized spacial score (nSPS) is 15.1. The molecular weight excluding hydrogens is 499 g/mol. The van der Waals surface area contributed by atoms with Crippen LogP contribution in [0.15, 0.2) is 53.9 Å². The van der Waals surface area contributed by atoms with Gasteiger partial charge in [0.1, 0.15) is 24.7 Å². The van der Waals surface area contributed by atoms with Crippen molar-refractivity contribution < 1.29 is 18.7 Å². The molecule has 4 rings (SSSR count). The van der Waals surface area contributed by atoms with Crippen LogP contribution in [-0.4, -0.2) is 47.9 Å². The Bertz CT molecular complexity index is 1230. The van der Waals surface area contributed by atoms with Crippen LogP contribution in [0.3, 0.4) is 0 Å². The van der Waals surface area contributed by atoms with E-state index in [9.17, 15) is 14.0 Å². The molecule has 0 spiro atoms. The Morgan fingerprint density at radius 2 is 1.94 bits per heavy atom. The van der Waals surface area contributed by atoms with Crippen LogP contribution in [0.4, 0.5) is 4.39 Å². The molecule has 8 heteroatoms. The van der Waals surface area contributed by atoms with Crippen LogP contribution in [0.25, 0.3) is 0 Å². The number of halogens is 2. The van der Waals surface area contributed by atoms with E-state index in [4.69, 9.17) is 16.3 Å². The summed E-state index contributed by atoms with van der Waals surface area (Å²) in [5.74, 6) is 0.0362. The second-order valence-corrected chi connectivity index (χ2v) is 10.9. The Hall–Kier alpha value is -2.90. The maximum Gasteiger partial charge on any atom is 0.254 e. The molecule has 190 valence electrons. The maximum atomic E-state index is 13.6. The van der Waals surface area contributed by atoms with E-state index in [1.807, 2.05) is 43.2 Å². The fourth-order valence-corrected chi connectivity index (χ4v) is 5.49. The van der Waals surface area contributed by atoms with Crippen molar-refractivity contribution in [3.63, 3.8) is 0 Å². The summed E-state index contributed by atoms with van der Waals surface area (Å²) in [6, 6.07) is 12.7. The van der Waals surface area contributed by atoms with Gasteiger partial charge in [0.15, 0.2) is 0 Å². The molecule has 2 amide bonds. The van der Waals surface area contributed by atoms with Gasteiger partial charge in [0.25, 0.3) is 5.91 Å². The molecule has 0 fully saturated rings. The van der Waals surface area contributed by atoms with Crippen molar-refractivity contribution in [3.8, 4) is 5.75 Å². The molecule has 1 aliphatic heterocycles. The number of fused-ring (bicyclic) bond motifs is 1. The molecule has 0 radical (unpaired) electrons. The minimum atomic E-state index is -0.406. The van der Waals surface area contributed by atoms with E-state index in [0.717, 1.165) is 17.5 Å². The molecule has 0 saturated heterocycles. The van der Waals surface area contributed by atoms with E-state index >= 15 is 0 Å². The zero-order valence-electron chi connectivity index (χ0n) is 20.7. The molecule has 2 heterocycles. The molecule has 0 aliphatic carbocycles. The summed E-state index contributed by atoms with van der Waals surface area (Å²) in [5.41, 5.74) is 2.37. The van der Waals surface area contributed by atoms with Gasteiger partial charge in [-0.1, -0.05) is 25.4 Å². The van der Waals surface area contributed by atoms with Gasteiger partial charge in [-0.15, -0.1) is 11.3 Å². The molecular formula is C28H30ClFN2O3S. The zero-order valence-corrected chi connectivity index (χ0v) is 22.2. The second-order valence-electron chi connectivity index (χ2n) is 9.46. The maximum absolute atomic E-state index is 13.6. The summed E-state index contributed by atoms with van der Waals surface area (Å²) in [6.07, 6.45) is 0.769. The minimum Gasteiger partial charge on any atom is -0.491 e. The van der Waals surface area contributed by atoms with E-state index < -0.39 is 5.82 Å². The molecule has 0 bridgehead atoms. The number of rotatable bonds is 8. The third kappa shape index (κ3) is 6.08. The number of carbonyl (C=O) groups excluding carboxylic acids is 2. The van der Waals surface area contributed by atoms with Gasteiger partial charge in [0, 0.05) is 28.6 Å². The number of aryl methyl sites for hydroxylation is 1. The van der Waals surface area contributed by atoms with Crippen molar-refractivity contribution in [3.05, 3.63) is 86.3 Å². The molecule has 36 heavy (non-hydrogen) atoms. The zero-order chi connectivity index (χ0) is 25.8. The third-order valence-corrected chi connectivity index (χ3v) is 7.66. The summed E-state index contributed by atoms with van der Waals surface area (Å²) in [5, 5.41) is 2.72. The molecule has 3 aromatic rings. The van der Waals surface area contributed by atoms with E-state index in [1.54, 1.807) is 22.3 Å².